The fourth-order valence-corrected chi connectivity index (χ4v) is 3.94. The smallest absolute Gasteiger partial charge is 0.232 e. The number of nitrogens with zero attached hydrogens (tertiary/aromatic N) is 8. The van der Waals surface area contributed by atoms with E-state index < -0.39 is 0 Å². The Labute approximate surface area is 168 Å². The molecule has 3 aromatic rings. The van der Waals surface area contributed by atoms with Gasteiger partial charge in [-0.05, 0) is 29.0 Å². The van der Waals surface area contributed by atoms with E-state index in [1.165, 1.54) is 0 Å². The van der Waals surface area contributed by atoms with Crippen molar-refractivity contribution in [2.45, 2.75) is 37.2 Å². The molecule has 0 N–H and O–H groups in total. The largest absolute Gasteiger partial charge is 0.378 e. The number of anilines is 1. The summed E-state index contributed by atoms with van der Waals surface area (Å²) >= 11 is 1.60. The van der Waals surface area contributed by atoms with Crippen molar-refractivity contribution in [3.05, 3.63) is 36.2 Å². The zero-order valence-corrected chi connectivity index (χ0v) is 16.8. The average Bonchev–Trinajstić information content (AvgIpc) is 3.38. The molecule has 1 fully saturated rings. The van der Waals surface area contributed by atoms with Gasteiger partial charge in [0, 0.05) is 19.6 Å². The second-order valence-corrected chi connectivity index (χ2v) is 7.46. The van der Waals surface area contributed by atoms with Crippen LogP contribution in [-0.2, 0) is 17.0 Å². The van der Waals surface area contributed by atoms with Crippen LogP contribution in [0.3, 0.4) is 0 Å². The van der Waals surface area contributed by atoms with Gasteiger partial charge in [-0.1, -0.05) is 43.3 Å². The molecule has 9 nitrogen and oxygen atoms in total. The third-order valence-corrected chi connectivity index (χ3v) is 5.51. The van der Waals surface area contributed by atoms with Crippen molar-refractivity contribution in [3.8, 4) is 5.69 Å². The molecule has 1 aromatic carbocycles. The minimum absolute atomic E-state index is 0.644. The van der Waals surface area contributed by atoms with E-state index in [1.54, 1.807) is 11.8 Å². The number of para-hydroxylation sites is 1. The molecule has 28 heavy (non-hydrogen) atoms. The summed E-state index contributed by atoms with van der Waals surface area (Å²) in [4.78, 5) is 2.22. The average molecular weight is 401 g/mol. The second-order valence-electron chi connectivity index (χ2n) is 6.51. The SMILES string of the molecule is CCCCn1nnnc1CSc1nnc(N2CCOCC2)n1-c1ccccc1. The van der Waals surface area contributed by atoms with Crippen molar-refractivity contribution >= 4 is 17.7 Å². The zero-order valence-electron chi connectivity index (χ0n) is 15.9. The fraction of sp³-hybridized carbons (Fsp3) is 0.500. The number of aryl methyl sites for hydroxylation is 1. The molecule has 148 valence electrons. The molecular weight excluding hydrogens is 376 g/mol. The van der Waals surface area contributed by atoms with Crippen LogP contribution in [0, 0.1) is 0 Å². The van der Waals surface area contributed by atoms with Crippen LogP contribution >= 0.6 is 11.8 Å². The van der Waals surface area contributed by atoms with E-state index in [-0.39, 0.29) is 0 Å². The summed E-state index contributed by atoms with van der Waals surface area (Å²) in [5, 5.41) is 21.9. The Morgan fingerprint density at radius 1 is 1.07 bits per heavy atom. The first-order valence-corrected chi connectivity index (χ1v) is 10.6. The molecule has 0 atom stereocenters. The van der Waals surface area contributed by atoms with Gasteiger partial charge in [-0.25, -0.2) is 4.68 Å². The lowest BCUT2D eigenvalue weighted by atomic mass is 10.3. The van der Waals surface area contributed by atoms with Gasteiger partial charge in [0.1, 0.15) is 0 Å². The molecule has 0 amide bonds. The Bertz CT molecular complexity index is 875. The van der Waals surface area contributed by atoms with Crippen molar-refractivity contribution in [2.75, 3.05) is 31.2 Å². The summed E-state index contributed by atoms with van der Waals surface area (Å²) in [6.45, 7) is 6.03. The summed E-state index contributed by atoms with van der Waals surface area (Å²) < 4.78 is 9.47. The molecule has 0 unspecified atom stereocenters. The Morgan fingerprint density at radius 2 is 1.89 bits per heavy atom. The lowest BCUT2D eigenvalue weighted by Gasteiger charge is -2.27. The topological polar surface area (TPSA) is 86.8 Å². The van der Waals surface area contributed by atoms with E-state index in [2.05, 4.69) is 54.2 Å². The van der Waals surface area contributed by atoms with Crippen molar-refractivity contribution in [1.82, 2.24) is 35.0 Å². The third-order valence-electron chi connectivity index (χ3n) is 4.58. The minimum Gasteiger partial charge on any atom is -0.378 e. The van der Waals surface area contributed by atoms with Gasteiger partial charge in [0.05, 0.1) is 24.7 Å². The summed E-state index contributed by atoms with van der Waals surface area (Å²) in [5.74, 6) is 2.35. The number of benzene rings is 1. The molecule has 0 saturated carbocycles. The van der Waals surface area contributed by atoms with Crippen LogP contribution in [0.1, 0.15) is 25.6 Å². The maximum atomic E-state index is 5.49. The number of hydrogen-bond acceptors (Lipinski definition) is 8. The van der Waals surface area contributed by atoms with E-state index in [1.807, 2.05) is 22.9 Å². The number of tetrazole rings is 1. The van der Waals surface area contributed by atoms with E-state index in [0.717, 1.165) is 55.1 Å². The number of rotatable bonds is 8. The predicted molar refractivity (Wildman–Crippen MR) is 107 cm³/mol. The minimum atomic E-state index is 0.644. The first-order valence-electron chi connectivity index (χ1n) is 9.58. The van der Waals surface area contributed by atoms with Gasteiger partial charge in [-0.3, -0.25) is 4.57 Å². The number of hydrogen-bond donors (Lipinski definition) is 0. The molecule has 1 aliphatic rings. The molecule has 10 heteroatoms. The molecule has 1 saturated heterocycles. The standard InChI is InChI=1S/C18H24N8OS/c1-2-3-9-25-16(19-22-23-25)14-28-18-21-20-17(24-10-12-27-13-11-24)26(18)15-7-5-4-6-8-15/h4-8H,2-3,9-14H2,1H3. The van der Waals surface area contributed by atoms with Crippen molar-refractivity contribution in [3.63, 3.8) is 0 Å². The van der Waals surface area contributed by atoms with Crippen molar-refractivity contribution in [1.29, 1.82) is 0 Å². The molecule has 2 aromatic heterocycles. The van der Waals surface area contributed by atoms with Gasteiger partial charge in [-0.2, -0.15) is 0 Å². The van der Waals surface area contributed by atoms with Gasteiger partial charge < -0.3 is 9.64 Å². The van der Waals surface area contributed by atoms with Crippen LogP contribution in [0.2, 0.25) is 0 Å². The molecule has 3 heterocycles. The number of ether oxygens (including phenoxy) is 1. The van der Waals surface area contributed by atoms with Gasteiger partial charge in [0.25, 0.3) is 0 Å². The number of thioether (sulfide) groups is 1. The highest BCUT2D eigenvalue weighted by Crippen LogP contribution is 2.28. The Kier molecular flexibility index (Phi) is 6.17. The fourth-order valence-electron chi connectivity index (χ4n) is 3.06. The van der Waals surface area contributed by atoms with Crippen LogP contribution in [0.5, 0.6) is 0 Å². The first-order chi connectivity index (χ1) is 13.9. The van der Waals surface area contributed by atoms with E-state index >= 15 is 0 Å². The summed E-state index contributed by atoms with van der Waals surface area (Å²) in [5.41, 5.74) is 1.04. The van der Waals surface area contributed by atoms with Gasteiger partial charge in [0.15, 0.2) is 11.0 Å². The zero-order chi connectivity index (χ0) is 19.2. The van der Waals surface area contributed by atoms with Crippen LogP contribution in [0.15, 0.2) is 35.5 Å². The maximum Gasteiger partial charge on any atom is 0.232 e. The Hall–Kier alpha value is -2.46. The molecule has 4 rings (SSSR count). The van der Waals surface area contributed by atoms with Gasteiger partial charge in [0.2, 0.25) is 5.95 Å². The van der Waals surface area contributed by atoms with Gasteiger partial charge in [-0.15, -0.1) is 15.3 Å². The summed E-state index contributed by atoms with van der Waals surface area (Å²) in [6, 6.07) is 10.2. The van der Waals surface area contributed by atoms with Crippen LogP contribution in [0.25, 0.3) is 5.69 Å². The van der Waals surface area contributed by atoms with Crippen LogP contribution in [-0.4, -0.2) is 61.3 Å². The number of unbranched alkanes of at least 4 members (excludes halogenated alkanes) is 1. The molecule has 0 bridgehead atoms. The highest BCUT2D eigenvalue weighted by molar-refractivity contribution is 7.98. The van der Waals surface area contributed by atoms with Crippen molar-refractivity contribution < 1.29 is 4.74 Å². The lowest BCUT2D eigenvalue weighted by Crippen LogP contribution is -2.37. The first kappa shape index (κ1) is 18.9. The molecule has 0 spiro atoms. The predicted octanol–water partition coefficient (Wildman–Crippen LogP) is 2.18. The van der Waals surface area contributed by atoms with Crippen LogP contribution < -0.4 is 4.90 Å². The maximum absolute atomic E-state index is 5.49. The van der Waals surface area contributed by atoms with E-state index in [0.29, 0.717) is 19.0 Å². The molecule has 0 aliphatic carbocycles. The molecule has 0 radical (unpaired) electrons. The second kappa shape index (κ2) is 9.16. The highest BCUT2D eigenvalue weighted by atomic mass is 32.2. The highest BCUT2D eigenvalue weighted by Gasteiger charge is 2.22. The summed E-state index contributed by atoms with van der Waals surface area (Å²) in [6.07, 6.45) is 2.17. The third kappa shape index (κ3) is 4.17. The van der Waals surface area contributed by atoms with Crippen LogP contribution in [0.4, 0.5) is 5.95 Å². The van der Waals surface area contributed by atoms with Crippen molar-refractivity contribution in [2.24, 2.45) is 0 Å². The Morgan fingerprint density at radius 3 is 2.68 bits per heavy atom. The normalized spacial score (nSPS) is 14.5. The van der Waals surface area contributed by atoms with E-state index in [4.69, 9.17) is 4.74 Å². The number of morpholine rings is 1. The number of aromatic nitrogens is 7. The quantitative estimate of drug-likeness (QED) is 0.532. The molecular formula is C18H24N8OS. The Balaban J connectivity index is 1.58. The molecule has 1 aliphatic heterocycles. The monoisotopic (exact) mass is 400 g/mol. The van der Waals surface area contributed by atoms with E-state index in [9.17, 15) is 0 Å². The van der Waals surface area contributed by atoms with Gasteiger partial charge >= 0.3 is 0 Å². The lowest BCUT2D eigenvalue weighted by molar-refractivity contribution is 0.122. The summed E-state index contributed by atoms with van der Waals surface area (Å²) in [7, 11) is 0.